The van der Waals surface area contributed by atoms with Crippen LogP contribution in [0.5, 0.6) is 5.75 Å². The van der Waals surface area contributed by atoms with E-state index in [1.165, 1.54) is 25.2 Å². The van der Waals surface area contributed by atoms with Gasteiger partial charge in [-0.3, -0.25) is 0 Å². The van der Waals surface area contributed by atoms with Crippen LogP contribution < -0.4 is 4.74 Å². The van der Waals surface area contributed by atoms with E-state index in [1.807, 2.05) is 0 Å². The Labute approximate surface area is 160 Å². The minimum atomic E-state index is -4.49. The van der Waals surface area contributed by atoms with Gasteiger partial charge in [0.25, 0.3) is 0 Å². The van der Waals surface area contributed by atoms with Gasteiger partial charge >= 0.3 is 18.2 Å². The number of benzene rings is 1. The number of methoxy groups -OCH3 is 2. The summed E-state index contributed by atoms with van der Waals surface area (Å²) < 4.78 is 54.0. The second-order valence-corrected chi connectivity index (χ2v) is 6.31. The summed E-state index contributed by atoms with van der Waals surface area (Å²) in [7, 11) is 2.40. The first-order valence-corrected chi connectivity index (χ1v) is 8.59. The molecule has 154 valence electrons. The molecular formula is C19H22F3NO5. The van der Waals surface area contributed by atoms with Crippen LogP contribution in [0.1, 0.15) is 24.8 Å². The lowest BCUT2D eigenvalue weighted by Gasteiger charge is -2.46. The second kappa shape index (κ2) is 8.53. The summed E-state index contributed by atoms with van der Waals surface area (Å²) in [5.41, 5.74) is -2.44. The number of carbonyl (C=O) groups excluding carboxylic acids is 2. The lowest BCUT2D eigenvalue weighted by molar-refractivity contribution is -0.170. The molecule has 1 amide bonds. The molecule has 0 N–H and O–H groups in total. The Hall–Kier alpha value is -2.71. The summed E-state index contributed by atoms with van der Waals surface area (Å²) >= 11 is 0. The number of piperidine rings is 1. The topological polar surface area (TPSA) is 65.1 Å². The maximum Gasteiger partial charge on any atom is 0.416 e. The third-order valence-electron chi connectivity index (χ3n) is 4.67. The van der Waals surface area contributed by atoms with Gasteiger partial charge in [0.05, 0.1) is 25.8 Å². The number of esters is 1. The molecule has 1 saturated heterocycles. The van der Waals surface area contributed by atoms with Gasteiger partial charge in [0.2, 0.25) is 5.60 Å². The van der Waals surface area contributed by atoms with Gasteiger partial charge < -0.3 is 19.1 Å². The Bertz CT molecular complexity index is 719. The van der Waals surface area contributed by atoms with E-state index in [-0.39, 0.29) is 18.6 Å². The molecule has 1 heterocycles. The van der Waals surface area contributed by atoms with E-state index in [9.17, 15) is 22.8 Å². The van der Waals surface area contributed by atoms with Gasteiger partial charge in [0, 0.05) is 13.0 Å². The lowest BCUT2D eigenvalue weighted by atomic mass is 9.82. The monoisotopic (exact) mass is 401 g/mol. The molecule has 1 aliphatic rings. The highest BCUT2D eigenvalue weighted by atomic mass is 19.4. The van der Waals surface area contributed by atoms with E-state index in [1.54, 1.807) is 0 Å². The van der Waals surface area contributed by atoms with Crippen molar-refractivity contribution in [2.45, 2.75) is 37.1 Å². The summed E-state index contributed by atoms with van der Waals surface area (Å²) in [5.74, 6) is -0.674. The average Bonchev–Trinajstić information content (AvgIpc) is 2.67. The Balaban J connectivity index is 2.45. The first kappa shape index (κ1) is 21.6. The molecule has 1 fully saturated rings. The fourth-order valence-corrected chi connectivity index (χ4v) is 3.39. The number of ether oxygens (including phenoxy) is 3. The normalized spacial score (nSPS) is 22.3. The smallest absolute Gasteiger partial charge is 0.416 e. The fourth-order valence-electron chi connectivity index (χ4n) is 3.39. The molecule has 0 saturated carbocycles. The molecule has 0 unspecified atom stereocenters. The Morgan fingerprint density at radius 3 is 2.39 bits per heavy atom. The first-order valence-electron chi connectivity index (χ1n) is 8.59. The Morgan fingerprint density at radius 1 is 1.25 bits per heavy atom. The largest absolute Gasteiger partial charge is 0.473 e. The van der Waals surface area contributed by atoms with Crippen LogP contribution in [0.2, 0.25) is 0 Å². The van der Waals surface area contributed by atoms with Gasteiger partial charge in [-0.05, 0) is 37.1 Å². The summed E-state index contributed by atoms with van der Waals surface area (Å²) in [6.07, 6.45) is -2.78. The van der Waals surface area contributed by atoms with Crippen LogP contribution in [0.25, 0.3) is 0 Å². The number of likely N-dealkylation sites (tertiary alicyclic amines) is 1. The Morgan fingerprint density at radius 2 is 1.89 bits per heavy atom. The number of amides is 1. The van der Waals surface area contributed by atoms with Crippen LogP contribution in [0.3, 0.4) is 0 Å². The van der Waals surface area contributed by atoms with Crippen LogP contribution in [0.15, 0.2) is 36.9 Å². The summed E-state index contributed by atoms with van der Waals surface area (Å²) in [5, 5.41) is 0. The predicted molar refractivity (Wildman–Crippen MR) is 93.8 cm³/mol. The van der Waals surface area contributed by atoms with Crippen LogP contribution in [0.4, 0.5) is 18.0 Å². The number of carbonyl (C=O) groups is 2. The molecule has 1 aromatic carbocycles. The van der Waals surface area contributed by atoms with Gasteiger partial charge in [-0.1, -0.05) is 6.08 Å². The SMILES string of the molecule is C=CC[C@H]1N(C(=O)OC)CCC[C@@]1(Oc1ccc(C(F)(F)F)cc1)C(=O)OC. The highest BCUT2D eigenvalue weighted by Gasteiger charge is 2.55. The zero-order valence-electron chi connectivity index (χ0n) is 15.6. The number of nitrogens with zero attached hydrogens (tertiary/aromatic N) is 1. The fraction of sp³-hybridized carbons (Fsp3) is 0.474. The third kappa shape index (κ3) is 4.23. The summed E-state index contributed by atoms with van der Waals surface area (Å²) in [6.45, 7) is 3.99. The van der Waals surface area contributed by atoms with Crippen molar-refractivity contribution in [1.82, 2.24) is 4.90 Å². The molecule has 0 radical (unpaired) electrons. The van der Waals surface area contributed by atoms with Crippen LogP contribution in [-0.2, 0) is 20.4 Å². The van der Waals surface area contributed by atoms with Crippen molar-refractivity contribution in [3.05, 3.63) is 42.5 Å². The quantitative estimate of drug-likeness (QED) is 0.555. The van der Waals surface area contributed by atoms with E-state index in [0.29, 0.717) is 13.0 Å². The number of rotatable bonds is 5. The van der Waals surface area contributed by atoms with Crippen molar-refractivity contribution in [3.63, 3.8) is 0 Å². The van der Waals surface area contributed by atoms with Gasteiger partial charge in [-0.2, -0.15) is 13.2 Å². The van der Waals surface area contributed by atoms with Crippen LogP contribution in [0, 0.1) is 0 Å². The highest BCUT2D eigenvalue weighted by Crippen LogP contribution is 2.37. The second-order valence-electron chi connectivity index (χ2n) is 6.31. The Kier molecular flexibility index (Phi) is 6.58. The summed E-state index contributed by atoms with van der Waals surface area (Å²) in [6, 6.07) is 3.21. The van der Waals surface area contributed by atoms with Crippen molar-refractivity contribution < 1.29 is 37.0 Å². The van der Waals surface area contributed by atoms with Gasteiger partial charge in [0.1, 0.15) is 5.75 Å². The molecule has 28 heavy (non-hydrogen) atoms. The van der Waals surface area contributed by atoms with Crippen molar-refractivity contribution in [2.24, 2.45) is 0 Å². The minimum absolute atomic E-state index is 0.0548. The first-order chi connectivity index (χ1) is 13.2. The molecule has 0 spiro atoms. The number of halogens is 3. The molecule has 2 rings (SSSR count). The highest BCUT2D eigenvalue weighted by molar-refractivity contribution is 5.83. The maximum absolute atomic E-state index is 12.8. The van der Waals surface area contributed by atoms with E-state index >= 15 is 0 Å². The minimum Gasteiger partial charge on any atom is -0.473 e. The van der Waals surface area contributed by atoms with E-state index in [0.717, 1.165) is 24.3 Å². The van der Waals surface area contributed by atoms with Crippen LogP contribution >= 0.6 is 0 Å². The molecule has 0 aliphatic carbocycles. The van der Waals surface area contributed by atoms with Crippen molar-refractivity contribution >= 4 is 12.1 Å². The van der Waals surface area contributed by atoms with Crippen molar-refractivity contribution in [1.29, 1.82) is 0 Å². The number of hydrogen-bond donors (Lipinski definition) is 0. The average molecular weight is 401 g/mol. The van der Waals surface area contributed by atoms with Gasteiger partial charge in [0.15, 0.2) is 0 Å². The molecule has 0 aromatic heterocycles. The van der Waals surface area contributed by atoms with Crippen LogP contribution in [-0.4, -0.2) is 49.4 Å². The molecule has 0 bridgehead atoms. The third-order valence-corrected chi connectivity index (χ3v) is 4.67. The zero-order chi connectivity index (χ0) is 20.9. The maximum atomic E-state index is 12.8. The molecule has 2 atom stereocenters. The predicted octanol–water partition coefficient (Wildman–Crippen LogP) is 3.80. The van der Waals surface area contributed by atoms with E-state index in [4.69, 9.17) is 14.2 Å². The zero-order valence-corrected chi connectivity index (χ0v) is 15.6. The van der Waals surface area contributed by atoms with E-state index < -0.39 is 35.4 Å². The number of hydrogen-bond acceptors (Lipinski definition) is 5. The molecular weight excluding hydrogens is 379 g/mol. The number of alkyl halides is 3. The molecule has 6 nitrogen and oxygen atoms in total. The van der Waals surface area contributed by atoms with E-state index in [2.05, 4.69) is 6.58 Å². The lowest BCUT2D eigenvalue weighted by Crippen LogP contribution is -2.65. The molecule has 1 aliphatic heterocycles. The van der Waals surface area contributed by atoms with Crippen molar-refractivity contribution in [2.75, 3.05) is 20.8 Å². The van der Waals surface area contributed by atoms with Crippen molar-refractivity contribution in [3.8, 4) is 5.75 Å². The summed E-state index contributed by atoms with van der Waals surface area (Å²) in [4.78, 5) is 26.3. The van der Waals surface area contributed by atoms with Gasteiger partial charge in [-0.25, -0.2) is 9.59 Å². The molecule has 9 heteroatoms. The molecule has 1 aromatic rings. The standard InChI is InChI=1S/C19H22F3NO5/c1-4-6-15-18(16(24)26-2,11-5-12-23(15)17(25)27-3)28-14-9-7-13(8-10-14)19(20,21)22/h4,7-10,15H,1,5-6,11-12H2,2-3H3/t15-,18+/m1/s1. The van der Waals surface area contributed by atoms with Gasteiger partial charge in [-0.15, -0.1) is 6.58 Å².